The van der Waals surface area contributed by atoms with Crippen molar-refractivity contribution in [2.24, 2.45) is 5.22 Å². The van der Waals surface area contributed by atoms with Crippen molar-refractivity contribution < 1.29 is 23.7 Å². The van der Waals surface area contributed by atoms with Gasteiger partial charge in [-0.05, 0) is 34.2 Å². The molecular formula is C12H20N3O5-. The van der Waals surface area contributed by atoms with Crippen LogP contribution in [0.1, 0.15) is 27.7 Å². The average molecular weight is 286 g/mol. The Morgan fingerprint density at radius 1 is 0.950 bits per heavy atom. The second kappa shape index (κ2) is 4.60. The van der Waals surface area contributed by atoms with Crippen LogP contribution in [-0.2, 0) is 23.7 Å². The quantitative estimate of drug-likeness (QED) is 0.612. The van der Waals surface area contributed by atoms with E-state index in [4.69, 9.17) is 29.2 Å². The first-order valence-corrected chi connectivity index (χ1v) is 6.75. The Morgan fingerprint density at radius 2 is 1.55 bits per heavy atom. The molecule has 0 saturated carbocycles. The molecular weight excluding hydrogens is 266 g/mol. The summed E-state index contributed by atoms with van der Waals surface area (Å²) in [6, 6.07) is 0. The monoisotopic (exact) mass is 286 g/mol. The zero-order valence-corrected chi connectivity index (χ0v) is 12.0. The van der Waals surface area contributed by atoms with E-state index in [9.17, 15) is 0 Å². The number of hydrogen-bond donors (Lipinski definition) is 1. The summed E-state index contributed by atoms with van der Waals surface area (Å²) in [6.07, 6.45) is -1.79. The van der Waals surface area contributed by atoms with E-state index in [1.807, 2.05) is 27.7 Å². The van der Waals surface area contributed by atoms with Crippen LogP contribution in [0, 0.1) is 0 Å². The molecule has 3 saturated heterocycles. The maximum atomic E-state index is 8.54. The molecule has 20 heavy (non-hydrogen) atoms. The van der Waals surface area contributed by atoms with Crippen molar-refractivity contribution in [1.82, 2.24) is 5.43 Å². The Labute approximate surface area is 117 Å². The largest absolute Gasteiger partial charge is 0.411 e. The molecule has 0 bridgehead atoms. The normalized spacial score (nSPS) is 44.7. The van der Waals surface area contributed by atoms with Gasteiger partial charge in [0, 0.05) is 0 Å². The van der Waals surface area contributed by atoms with Crippen molar-refractivity contribution in [3.63, 3.8) is 0 Å². The van der Waals surface area contributed by atoms with Crippen LogP contribution in [0.15, 0.2) is 5.22 Å². The third-order valence-corrected chi connectivity index (χ3v) is 3.61. The number of rotatable bonds is 3. The van der Waals surface area contributed by atoms with Gasteiger partial charge in [0.05, 0.1) is 6.10 Å². The molecule has 0 aromatic carbocycles. The lowest BCUT2D eigenvalue weighted by molar-refractivity contribution is -0.232. The Morgan fingerprint density at radius 3 is 2.25 bits per heavy atom. The molecule has 1 N–H and O–H groups in total. The second-order valence-corrected chi connectivity index (χ2v) is 6.17. The van der Waals surface area contributed by atoms with Gasteiger partial charge in [-0.2, -0.15) is 0 Å². The van der Waals surface area contributed by atoms with Gasteiger partial charge in [-0.1, -0.05) is 0 Å². The molecule has 0 aromatic heterocycles. The summed E-state index contributed by atoms with van der Waals surface area (Å²) < 4.78 is 29.3. The highest BCUT2D eigenvalue weighted by molar-refractivity contribution is 5.00. The van der Waals surface area contributed by atoms with Crippen LogP contribution < -0.4 is 5.43 Å². The van der Waals surface area contributed by atoms with Crippen LogP contribution in [-0.4, -0.2) is 48.8 Å². The molecule has 0 spiro atoms. The van der Waals surface area contributed by atoms with E-state index in [1.165, 1.54) is 0 Å². The number of fused-ring (bicyclic) bond motifs is 3. The Kier molecular flexibility index (Phi) is 3.26. The number of nitrogens with one attached hydrogen (secondary N) is 1. The minimum atomic E-state index is -0.723. The van der Waals surface area contributed by atoms with Gasteiger partial charge in [0.15, 0.2) is 17.9 Å². The highest BCUT2D eigenvalue weighted by Gasteiger charge is 2.60. The summed E-state index contributed by atoms with van der Waals surface area (Å²) in [5.74, 6) is -1.43. The molecule has 5 atom stereocenters. The summed E-state index contributed by atoms with van der Waals surface area (Å²) in [4.78, 5) is 0. The zero-order valence-electron chi connectivity index (χ0n) is 12.0. The van der Waals surface area contributed by atoms with Crippen molar-refractivity contribution in [3.05, 3.63) is 5.53 Å². The van der Waals surface area contributed by atoms with Crippen LogP contribution >= 0.6 is 0 Å². The molecule has 8 heteroatoms. The van der Waals surface area contributed by atoms with Crippen molar-refractivity contribution in [2.45, 2.75) is 70.0 Å². The Bertz CT molecular complexity index is 403. The van der Waals surface area contributed by atoms with Crippen LogP contribution in [0.3, 0.4) is 0 Å². The average Bonchev–Trinajstić information content (AvgIpc) is 2.80. The van der Waals surface area contributed by atoms with Crippen LogP contribution in [0.5, 0.6) is 0 Å². The number of ether oxygens (including phenoxy) is 5. The summed E-state index contributed by atoms with van der Waals surface area (Å²) in [5.41, 5.74) is 11.0. The van der Waals surface area contributed by atoms with E-state index in [1.54, 1.807) is 0 Å². The van der Waals surface area contributed by atoms with E-state index in [-0.39, 0.29) is 24.4 Å². The first kappa shape index (κ1) is 14.2. The van der Waals surface area contributed by atoms with E-state index in [2.05, 4.69) is 10.6 Å². The maximum Gasteiger partial charge on any atom is 0.190 e. The van der Waals surface area contributed by atoms with Gasteiger partial charge in [-0.15, -0.1) is 0 Å². The first-order valence-electron chi connectivity index (χ1n) is 6.75. The molecule has 3 aliphatic rings. The molecule has 0 unspecified atom stereocenters. The highest BCUT2D eigenvalue weighted by Crippen LogP contribution is 2.43. The maximum absolute atomic E-state index is 8.54. The smallest absolute Gasteiger partial charge is 0.190 e. The highest BCUT2D eigenvalue weighted by atomic mass is 16.9. The molecule has 0 radical (unpaired) electrons. The fourth-order valence-corrected chi connectivity index (χ4v) is 2.99. The molecule has 8 nitrogen and oxygen atoms in total. The van der Waals surface area contributed by atoms with Gasteiger partial charge in [0.25, 0.3) is 0 Å². The minimum Gasteiger partial charge on any atom is -0.411 e. The van der Waals surface area contributed by atoms with Crippen molar-refractivity contribution >= 4 is 0 Å². The molecule has 3 heterocycles. The predicted octanol–water partition coefficient (Wildman–Crippen LogP) is 0.909. The lowest BCUT2D eigenvalue weighted by Gasteiger charge is -2.38. The van der Waals surface area contributed by atoms with Crippen LogP contribution in [0.4, 0.5) is 0 Å². The number of hydrogen-bond acceptors (Lipinski definition) is 6. The Balaban J connectivity index is 1.82. The van der Waals surface area contributed by atoms with Crippen molar-refractivity contribution in [2.75, 3.05) is 6.54 Å². The van der Waals surface area contributed by atoms with E-state index >= 15 is 0 Å². The molecule has 0 aliphatic carbocycles. The lowest BCUT2D eigenvalue weighted by Crippen LogP contribution is -2.57. The van der Waals surface area contributed by atoms with Crippen LogP contribution in [0.25, 0.3) is 5.53 Å². The van der Waals surface area contributed by atoms with E-state index in [0.717, 1.165) is 0 Å². The molecule has 0 amide bonds. The topological polar surface area (TPSA) is 92.8 Å². The standard InChI is InChI=1S/C12H20N3O5/c1-11(2)17-7-6(5-14-15-13)16-10-9(8(7)18-11)19-12(3,4)20-10/h6-10H,5H2,1-4H3,(H-,13,14)/q-1/t6-,7-,8+,9+,10-/m0/s1. The summed E-state index contributed by atoms with van der Waals surface area (Å²) in [7, 11) is 0. The molecule has 0 aromatic rings. The fraction of sp³-hybridized carbons (Fsp3) is 1.00. The van der Waals surface area contributed by atoms with Crippen molar-refractivity contribution in [1.29, 1.82) is 0 Å². The van der Waals surface area contributed by atoms with Gasteiger partial charge in [0.1, 0.15) is 18.3 Å². The van der Waals surface area contributed by atoms with Gasteiger partial charge in [-0.3, -0.25) is 5.22 Å². The molecule has 3 fully saturated rings. The second-order valence-electron chi connectivity index (χ2n) is 6.17. The summed E-state index contributed by atoms with van der Waals surface area (Å²) in [5, 5.41) is 2.90. The lowest BCUT2D eigenvalue weighted by atomic mass is 9.99. The molecule has 3 aliphatic heterocycles. The zero-order chi connectivity index (χ0) is 14.5. The summed E-state index contributed by atoms with van der Waals surface area (Å²) >= 11 is 0. The molecule has 114 valence electrons. The third-order valence-electron chi connectivity index (χ3n) is 3.61. The predicted molar refractivity (Wildman–Crippen MR) is 66.3 cm³/mol. The van der Waals surface area contributed by atoms with E-state index in [0.29, 0.717) is 6.54 Å². The minimum absolute atomic E-state index is 0.281. The van der Waals surface area contributed by atoms with Crippen molar-refractivity contribution in [3.8, 4) is 0 Å². The first-order chi connectivity index (χ1) is 9.31. The van der Waals surface area contributed by atoms with Gasteiger partial charge in [-0.25, -0.2) is 0 Å². The van der Waals surface area contributed by atoms with Gasteiger partial charge >= 0.3 is 0 Å². The summed E-state index contributed by atoms with van der Waals surface area (Å²) in [6.45, 7) is 7.66. The van der Waals surface area contributed by atoms with Crippen LogP contribution in [0.2, 0.25) is 0 Å². The Hall–Kier alpha value is -0.800. The third kappa shape index (κ3) is 2.42. The number of nitrogens with zero attached hydrogens (tertiary/aromatic N) is 2. The molecule has 3 rings (SSSR count). The SMILES string of the molecule is CC1(C)O[C@@H]2[C@@H](O1)[C@H](CNN=[N-])O[C@H]1OC(C)(C)O[C@@H]12. The van der Waals surface area contributed by atoms with Gasteiger partial charge < -0.3 is 34.6 Å². The van der Waals surface area contributed by atoms with E-state index < -0.39 is 17.9 Å². The van der Waals surface area contributed by atoms with Gasteiger partial charge in [0.2, 0.25) is 0 Å². The fourth-order valence-electron chi connectivity index (χ4n) is 2.99.